The van der Waals surface area contributed by atoms with Crippen LogP contribution in [0.25, 0.3) is 0 Å². The van der Waals surface area contributed by atoms with E-state index < -0.39 is 5.97 Å². The quantitative estimate of drug-likeness (QED) is 0.668. The zero-order chi connectivity index (χ0) is 14.4. The van der Waals surface area contributed by atoms with Gasteiger partial charge in [0.2, 0.25) is 0 Å². The molecule has 0 atom stereocenters. The molecular formula is C14H22N4O2. The van der Waals surface area contributed by atoms with Crippen LogP contribution >= 0.6 is 0 Å². The van der Waals surface area contributed by atoms with Gasteiger partial charge in [-0.3, -0.25) is 0 Å². The Labute approximate surface area is 119 Å². The summed E-state index contributed by atoms with van der Waals surface area (Å²) in [5.41, 5.74) is 0.997. The second kappa shape index (κ2) is 7.21. The van der Waals surface area contributed by atoms with Gasteiger partial charge in [-0.05, 0) is 32.0 Å². The summed E-state index contributed by atoms with van der Waals surface area (Å²) in [7, 11) is 0. The monoisotopic (exact) mass is 278 g/mol. The summed E-state index contributed by atoms with van der Waals surface area (Å²) in [5, 5.41) is 15.5. The number of aromatic nitrogens is 1. The lowest BCUT2D eigenvalue weighted by atomic mass is 10.2. The van der Waals surface area contributed by atoms with Crippen molar-refractivity contribution in [3.05, 3.63) is 23.4 Å². The molecule has 1 fully saturated rings. The highest BCUT2D eigenvalue weighted by Crippen LogP contribution is 2.10. The second-order valence-electron chi connectivity index (χ2n) is 5.06. The van der Waals surface area contributed by atoms with Gasteiger partial charge in [-0.25, -0.2) is 9.78 Å². The normalized spacial score (nSPS) is 16.1. The molecule has 1 saturated heterocycles. The average molecular weight is 278 g/mol. The van der Waals surface area contributed by atoms with E-state index >= 15 is 0 Å². The first-order valence-electron chi connectivity index (χ1n) is 7.04. The van der Waals surface area contributed by atoms with Crippen molar-refractivity contribution in [2.75, 3.05) is 44.6 Å². The molecule has 2 rings (SSSR count). The van der Waals surface area contributed by atoms with Crippen LogP contribution in [0.5, 0.6) is 0 Å². The predicted octanol–water partition coefficient (Wildman–Crippen LogP) is 0.795. The Morgan fingerprint density at radius 2 is 2.20 bits per heavy atom. The van der Waals surface area contributed by atoms with Crippen LogP contribution in [-0.2, 0) is 0 Å². The predicted molar refractivity (Wildman–Crippen MR) is 78.3 cm³/mol. The van der Waals surface area contributed by atoms with Crippen LogP contribution in [0.1, 0.15) is 22.5 Å². The summed E-state index contributed by atoms with van der Waals surface area (Å²) in [6.45, 7) is 8.01. The molecule has 2 heterocycles. The second-order valence-corrected chi connectivity index (χ2v) is 5.06. The number of anilines is 1. The average Bonchev–Trinajstić information content (AvgIpc) is 2.44. The number of rotatable bonds is 6. The fourth-order valence-corrected chi connectivity index (χ4v) is 2.34. The van der Waals surface area contributed by atoms with Gasteiger partial charge in [0.1, 0.15) is 5.82 Å². The van der Waals surface area contributed by atoms with Crippen molar-refractivity contribution in [3.8, 4) is 0 Å². The molecule has 0 bridgehead atoms. The molecule has 20 heavy (non-hydrogen) atoms. The molecule has 3 N–H and O–H groups in total. The van der Waals surface area contributed by atoms with Gasteiger partial charge in [0.15, 0.2) is 0 Å². The fraction of sp³-hybridized carbons (Fsp3) is 0.571. The maximum absolute atomic E-state index is 11.0. The molecule has 1 aromatic heterocycles. The molecule has 0 aliphatic carbocycles. The van der Waals surface area contributed by atoms with Crippen molar-refractivity contribution < 1.29 is 9.90 Å². The lowest BCUT2D eigenvalue weighted by Crippen LogP contribution is -2.44. The highest BCUT2D eigenvalue weighted by molar-refractivity contribution is 5.88. The van der Waals surface area contributed by atoms with Gasteiger partial charge >= 0.3 is 5.97 Å². The van der Waals surface area contributed by atoms with Gasteiger partial charge in [-0.1, -0.05) is 0 Å². The first-order chi connectivity index (χ1) is 9.65. The van der Waals surface area contributed by atoms with Crippen molar-refractivity contribution in [2.24, 2.45) is 0 Å². The lowest BCUT2D eigenvalue weighted by molar-refractivity contribution is 0.0696. The van der Waals surface area contributed by atoms with E-state index in [9.17, 15) is 4.79 Å². The van der Waals surface area contributed by atoms with E-state index in [1.54, 1.807) is 19.1 Å². The van der Waals surface area contributed by atoms with E-state index in [0.717, 1.165) is 51.4 Å². The largest absolute Gasteiger partial charge is 0.478 e. The number of nitrogens with zero attached hydrogens (tertiary/aromatic N) is 2. The number of nitrogens with one attached hydrogen (secondary N) is 2. The van der Waals surface area contributed by atoms with Crippen LogP contribution in [0.4, 0.5) is 5.82 Å². The molecule has 6 nitrogen and oxygen atoms in total. The van der Waals surface area contributed by atoms with Gasteiger partial charge in [0.25, 0.3) is 0 Å². The summed E-state index contributed by atoms with van der Waals surface area (Å²) in [6.07, 6.45) is 1.03. The first-order valence-corrected chi connectivity index (χ1v) is 7.04. The molecule has 0 radical (unpaired) electrons. The molecule has 110 valence electrons. The number of pyridine rings is 1. The number of aromatic carboxylic acids is 1. The standard InChI is InChI=1S/C14H22N4O2/c1-11-9-12(14(19)20)10-13(17-11)16-3-2-6-18-7-4-15-5-8-18/h9-10,15H,2-8H2,1H3,(H,16,17)(H,19,20). The molecule has 0 unspecified atom stereocenters. The van der Waals surface area contributed by atoms with Crippen LogP contribution in [-0.4, -0.2) is 60.2 Å². The Morgan fingerprint density at radius 1 is 1.45 bits per heavy atom. The van der Waals surface area contributed by atoms with Crippen LogP contribution in [0.15, 0.2) is 12.1 Å². The number of hydrogen-bond acceptors (Lipinski definition) is 5. The summed E-state index contributed by atoms with van der Waals surface area (Å²) < 4.78 is 0. The third-order valence-electron chi connectivity index (χ3n) is 3.37. The van der Waals surface area contributed by atoms with Gasteiger partial charge in [-0.15, -0.1) is 0 Å². The molecule has 0 aromatic carbocycles. The lowest BCUT2D eigenvalue weighted by Gasteiger charge is -2.27. The first kappa shape index (κ1) is 14.7. The topological polar surface area (TPSA) is 77.5 Å². The number of carboxylic acids is 1. The third kappa shape index (κ3) is 4.47. The number of carbonyl (C=O) groups is 1. The van der Waals surface area contributed by atoms with Gasteiger partial charge < -0.3 is 20.6 Å². The fourth-order valence-electron chi connectivity index (χ4n) is 2.34. The smallest absolute Gasteiger partial charge is 0.335 e. The van der Waals surface area contributed by atoms with Crippen LogP contribution in [0.3, 0.4) is 0 Å². The van der Waals surface area contributed by atoms with E-state index in [1.807, 2.05) is 0 Å². The Balaban J connectivity index is 1.77. The molecule has 1 aliphatic heterocycles. The minimum absolute atomic E-state index is 0.280. The summed E-state index contributed by atoms with van der Waals surface area (Å²) in [6, 6.07) is 3.16. The SMILES string of the molecule is Cc1cc(C(=O)O)cc(NCCCN2CCNCC2)n1. The Bertz CT molecular complexity index is 458. The molecule has 0 amide bonds. The Morgan fingerprint density at radius 3 is 2.90 bits per heavy atom. The van der Waals surface area contributed by atoms with E-state index in [2.05, 4.69) is 20.5 Å². The molecular weight excluding hydrogens is 256 g/mol. The zero-order valence-electron chi connectivity index (χ0n) is 11.9. The highest BCUT2D eigenvalue weighted by Gasteiger charge is 2.09. The summed E-state index contributed by atoms with van der Waals surface area (Å²) in [5.74, 6) is -0.276. The number of aryl methyl sites for hydroxylation is 1. The maximum atomic E-state index is 11.0. The number of hydrogen-bond donors (Lipinski definition) is 3. The van der Waals surface area contributed by atoms with Crippen molar-refractivity contribution in [1.29, 1.82) is 0 Å². The van der Waals surface area contributed by atoms with Gasteiger partial charge in [-0.2, -0.15) is 0 Å². The Kier molecular flexibility index (Phi) is 5.31. The number of piperazine rings is 1. The molecule has 6 heteroatoms. The molecule has 0 saturated carbocycles. The third-order valence-corrected chi connectivity index (χ3v) is 3.37. The minimum atomic E-state index is -0.917. The molecule has 1 aliphatic rings. The van der Waals surface area contributed by atoms with Gasteiger partial charge in [0.05, 0.1) is 5.56 Å². The van der Waals surface area contributed by atoms with E-state index in [1.165, 1.54) is 0 Å². The van der Waals surface area contributed by atoms with Crippen molar-refractivity contribution in [1.82, 2.24) is 15.2 Å². The van der Waals surface area contributed by atoms with Crippen LogP contribution in [0.2, 0.25) is 0 Å². The van der Waals surface area contributed by atoms with Crippen LogP contribution in [0, 0.1) is 6.92 Å². The van der Waals surface area contributed by atoms with E-state index in [0.29, 0.717) is 5.82 Å². The van der Waals surface area contributed by atoms with Crippen molar-refractivity contribution in [3.63, 3.8) is 0 Å². The summed E-state index contributed by atoms with van der Waals surface area (Å²) in [4.78, 5) is 17.7. The van der Waals surface area contributed by atoms with Gasteiger partial charge in [0, 0.05) is 38.4 Å². The molecule has 0 spiro atoms. The van der Waals surface area contributed by atoms with Crippen LogP contribution < -0.4 is 10.6 Å². The van der Waals surface area contributed by atoms with E-state index in [-0.39, 0.29) is 5.56 Å². The van der Waals surface area contributed by atoms with Crippen molar-refractivity contribution >= 4 is 11.8 Å². The summed E-state index contributed by atoms with van der Waals surface area (Å²) >= 11 is 0. The minimum Gasteiger partial charge on any atom is -0.478 e. The zero-order valence-corrected chi connectivity index (χ0v) is 11.9. The Hall–Kier alpha value is -1.66. The molecule has 1 aromatic rings. The van der Waals surface area contributed by atoms with Crippen molar-refractivity contribution in [2.45, 2.75) is 13.3 Å². The number of carboxylic acid groups (broad SMARTS) is 1. The van der Waals surface area contributed by atoms with E-state index in [4.69, 9.17) is 5.11 Å². The maximum Gasteiger partial charge on any atom is 0.335 e. The highest BCUT2D eigenvalue weighted by atomic mass is 16.4.